The molecule has 2 heterocycles. The first-order valence-electron chi connectivity index (χ1n) is 10.5. The number of para-hydroxylation sites is 1. The van der Waals surface area contributed by atoms with Gasteiger partial charge in [0.05, 0.1) is 18.4 Å². The number of hydrogen-bond donors (Lipinski definition) is 1. The molecule has 0 bridgehead atoms. The van der Waals surface area contributed by atoms with Crippen LogP contribution in [0.1, 0.15) is 11.4 Å². The zero-order valence-electron chi connectivity index (χ0n) is 18.8. The lowest BCUT2D eigenvalue weighted by molar-refractivity contribution is 0.415. The number of thioether (sulfide) groups is 1. The number of nitrogen functional groups attached to an aromatic ring is 1. The van der Waals surface area contributed by atoms with E-state index in [-0.39, 0.29) is 5.95 Å². The van der Waals surface area contributed by atoms with E-state index in [4.69, 9.17) is 10.5 Å². The van der Waals surface area contributed by atoms with Crippen LogP contribution < -0.4 is 15.4 Å². The molecule has 0 spiro atoms. The first-order valence-corrected chi connectivity index (χ1v) is 11.4. The number of ether oxygens (including phenoxy) is 1. The molecule has 0 unspecified atom stereocenters. The highest BCUT2D eigenvalue weighted by atomic mass is 32.2. The molecule has 4 rings (SSSR count). The molecule has 2 aromatic heterocycles. The summed E-state index contributed by atoms with van der Waals surface area (Å²) >= 11 is 1.52. The number of rotatable bonds is 9. The van der Waals surface area contributed by atoms with Gasteiger partial charge < -0.3 is 19.9 Å². The molecular weight excluding hydrogens is 436 g/mol. The number of aryl methyl sites for hydroxylation is 1. The summed E-state index contributed by atoms with van der Waals surface area (Å²) in [5.41, 5.74) is 8.01. The Kier molecular flexibility index (Phi) is 7.04. The van der Waals surface area contributed by atoms with Gasteiger partial charge in [0.1, 0.15) is 11.6 Å². The number of nitrogens with zero attached hydrogens (tertiary/aromatic N) is 7. The van der Waals surface area contributed by atoms with Crippen LogP contribution in [0, 0.1) is 0 Å². The first-order chi connectivity index (χ1) is 16.0. The summed E-state index contributed by atoms with van der Waals surface area (Å²) in [4.78, 5) is 14.7. The molecule has 0 atom stereocenters. The standard InChI is InChI=1S/C23H26N8OS/c1-30(2)22-26-19(25-21(24)27-22)15-33-23-29-28-20(17-11-7-8-12-18(17)32-3)31(23)14-13-16-9-5-4-6-10-16/h4-12H,13-15H2,1-3H3,(H2,24,25,26,27). The molecule has 10 heteroatoms. The van der Waals surface area contributed by atoms with Crippen molar-refractivity contribution < 1.29 is 4.74 Å². The fraction of sp³-hybridized carbons (Fsp3) is 0.261. The number of benzene rings is 2. The van der Waals surface area contributed by atoms with Crippen molar-refractivity contribution in [2.75, 3.05) is 31.8 Å². The maximum Gasteiger partial charge on any atom is 0.229 e. The number of nitrogens with two attached hydrogens (primary N) is 1. The molecular formula is C23H26N8OS. The molecule has 33 heavy (non-hydrogen) atoms. The predicted molar refractivity (Wildman–Crippen MR) is 130 cm³/mol. The van der Waals surface area contributed by atoms with E-state index in [2.05, 4.69) is 41.8 Å². The van der Waals surface area contributed by atoms with Crippen LogP contribution >= 0.6 is 11.8 Å². The minimum Gasteiger partial charge on any atom is -0.496 e. The molecule has 0 aliphatic rings. The third-order valence-corrected chi connectivity index (χ3v) is 5.91. The number of aromatic nitrogens is 6. The van der Waals surface area contributed by atoms with Gasteiger partial charge in [0.2, 0.25) is 11.9 Å². The summed E-state index contributed by atoms with van der Waals surface area (Å²) in [6.07, 6.45) is 0.845. The Balaban J connectivity index is 1.64. The first kappa shape index (κ1) is 22.5. The zero-order chi connectivity index (χ0) is 23.2. The van der Waals surface area contributed by atoms with Crippen molar-refractivity contribution in [3.05, 3.63) is 66.0 Å². The second-order valence-corrected chi connectivity index (χ2v) is 8.43. The van der Waals surface area contributed by atoms with E-state index in [0.29, 0.717) is 17.5 Å². The van der Waals surface area contributed by atoms with E-state index >= 15 is 0 Å². The van der Waals surface area contributed by atoms with Gasteiger partial charge in [0.15, 0.2) is 11.0 Å². The molecule has 9 nitrogen and oxygen atoms in total. The summed E-state index contributed by atoms with van der Waals surface area (Å²) in [5, 5.41) is 9.77. The van der Waals surface area contributed by atoms with Crippen LogP contribution in [0.2, 0.25) is 0 Å². The normalized spacial score (nSPS) is 10.9. The van der Waals surface area contributed by atoms with Crippen molar-refractivity contribution >= 4 is 23.7 Å². The second kappa shape index (κ2) is 10.3. The molecule has 0 fully saturated rings. The Hall–Kier alpha value is -3.66. The van der Waals surface area contributed by atoms with Crippen LogP contribution in [-0.2, 0) is 18.7 Å². The molecule has 2 aromatic carbocycles. The smallest absolute Gasteiger partial charge is 0.229 e. The van der Waals surface area contributed by atoms with Crippen LogP contribution in [0.5, 0.6) is 5.75 Å². The Morgan fingerprint density at radius 1 is 0.970 bits per heavy atom. The molecule has 170 valence electrons. The summed E-state index contributed by atoms with van der Waals surface area (Å²) in [6.45, 7) is 0.717. The quantitative estimate of drug-likeness (QED) is 0.375. The summed E-state index contributed by atoms with van der Waals surface area (Å²) in [7, 11) is 5.39. The van der Waals surface area contributed by atoms with Crippen LogP contribution in [0.4, 0.5) is 11.9 Å². The van der Waals surface area contributed by atoms with Crippen molar-refractivity contribution in [3.8, 4) is 17.1 Å². The molecule has 2 N–H and O–H groups in total. The molecule has 0 radical (unpaired) electrons. The third kappa shape index (κ3) is 5.40. The zero-order valence-corrected chi connectivity index (χ0v) is 19.7. The summed E-state index contributed by atoms with van der Waals surface area (Å²) in [5.74, 6) is 3.32. The predicted octanol–water partition coefficient (Wildman–Crippen LogP) is 3.32. The summed E-state index contributed by atoms with van der Waals surface area (Å²) < 4.78 is 7.69. The van der Waals surface area contributed by atoms with E-state index in [0.717, 1.165) is 35.3 Å². The van der Waals surface area contributed by atoms with Crippen molar-refractivity contribution in [1.29, 1.82) is 0 Å². The average molecular weight is 463 g/mol. The lowest BCUT2D eigenvalue weighted by Crippen LogP contribution is -2.16. The van der Waals surface area contributed by atoms with Gasteiger partial charge in [0.25, 0.3) is 0 Å². The van der Waals surface area contributed by atoms with Gasteiger partial charge >= 0.3 is 0 Å². The fourth-order valence-corrected chi connectivity index (χ4v) is 4.15. The molecule has 0 aliphatic carbocycles. The Morgan fingerprint density at radius 3 is 2.48 bits per heavy atom. The minimum atomic E-state index is 0.199. The topological polar surface area (TPSA) is 108 Å². The Morgan fingerprint density at radius 2 is 1.73 bits per heavy atom. The monoisotopic (exact) mass is 462 g/mol. The van der Waals surface area contributed by atoms with Crippen LogP contribution in [-0.4, -0.2) is 50.9 Å². The molecule has 0 saturated heterocycles. The van der Waals surface area contributed by atoms with E-state index in [9.17, 15) is 0 Å². The molecule has 0 saturated carbocycles. The van der Waals surface area contributed by atoms with E-state index in [1.807, 2.05) is 56.6 Å². The highest BCUT2D eigenvalue weighted by Crippen LogP contribution is 2.32. The fourth-order valence-electron chi connectivity index (χ4n) is 3.33. The molecule has 4 aromatic rings. The maximum absolute atomic E-state index is 5.88. The van der Waals surface area contributed by atoms with Gasteiger partial charge in [-0.15, -0.1) is 10.2 Å². The van der Waals surface area contributed by atoms with Gasteiger partial charge in [-0.05, 0) is 24.1 Å². The SMILES string of the molecule is COc1ccccc1-c1nnc(SCc2nc(N)nc(N(C)C)n2)n1CCc1ccccc1. The van der Waals surface area contributed by atoms with Gasteiger partial charge in [-0.2, -0.15) is 15.0 Å². The van der Waals surface area contributed by atoms with Gasteiger partial charge in [-0.25, -0.2) is 0 Å². The number of hydrogen-bond acceptors (Lipinski definition) is 9. The molecule has 0 amide bonds. The maximum atomic E-state index is 5.88. The van der Waals surface area contributed by atoms with Gasteiger partial charge in [-0.1, -0.05) is 54.2 Å². The second-order valence-electron chi connectivity index (χ2n) is 7.49. The van der Waals surface area contributed by atoms with Gasteiger partial charge in [-0.3, -0.25) is 0 Å². The average Bonchev–Trinajstić information content (AvgIpc) is 3.24. The lowest BCUT2D eigenvalue weighted by Gasteiger charge is -2.13. The third-order valence-electron chi connectivity index (χ3n) is 4.95. The van der Waals surface area contributed by atoms with Crippen molar-refractivity contribution in [2.45, 2.75) is 23.9 Å². The van der Waals surface area contributed by atoms with Crippen LogP contribution in [0.15, 0.2) is 59.8 Å². The lowest BCUT2D eigenvalue weighted by atomic mass is 10.1. The van der Waals surface area contributed by atoms with Crippen molar-refractivity contribution in [2.24, 2.45) is 0 Å². The van der Waals surface area contributed by atoms with Crippen LogP contribution in [0.3, 0.4) is 0 Å². The van der Waals surface area contributed by atoms with Crippen LogP contribution in [0.25, 0.3) is 11.4 Å². The molecule has 0 aliphatic heterocycles. The van der Waals surface area contributed by atoms with E-state index < -0.39 is 0 Å². The number of anilines is 2. The highest BCUT2D eigenvalue weighted by molar-refractivity contribution is 7.98. The van der Waals surface area contributed by atoms with E-state index in [1.54, 1.807) is 12.0 Å². The highest BCUT2D eigenvalue weighted by Gasteiger charge is 2.18. The summed E-state index contributed by atoms with van der Waals surface area (Å²) in [6, 6.07) is 18.2. The minimum absolute atomic E-state index is 0.199. The largest absolute Gasteiger partial charge is 0.496 e. The Labute approximate surface area is 197 Å². The number of methoxy groups -OCH3 is 1. The van der Waals surface area contributed by atoms with Crippen molar-refractivity contribution in [1.82, 2.24) is 29.7 Å². The van der Waals surface area contributed by atoms with E-state index in [1.165, 1.54) is 17.3 Å². The van der Waals surface area contributed by atoms with Gasteiger partial charge in [0, 0.05) is 20.6 Å². The Bertz CT molecular complexity index is 1210. The van der Waals surface area contributed by atoms with Crippen molar-refractivity contribution in [3.63, 3.8) is 0 Å².